The van der Waals surface area contributed by atoms with Crippen molar-refractivity contribution in [3.8, 4) is 0 Å². The Bertz CT molecular complexity index is 621. The van der Waals surface area contributed by atoms with E-state index in [1.807, 2.05) is 11.8 Å². The van der Waals surface area contributed by atoms with Crippen LogP contribution in [-0.2, 0) is 10.0 Å². The third-order valence-corrected chi connectivity index (χ3v) is 5.80. The molecule has 2 atom stereocenters. The maximum atomic E-state index is 12.1. The maximum absolute atomic E-state index is 12.1. The van der Waals surface area contributed by atoms with E-state index in [-0.39, 0.29) is 16.4 Å². The van der Waals surface area contributed by atoms with Gasteiger partial charge in [0.2, 0.25) is 4.34 Å². The molecule has 0 aromatic carbocycles. The first-order valence-electron chi connectivity index (χ1n) is 5.97. The molecule has 8 heteroatoms. The molecule has 0 aliphatic carbocycles. The molecule has 0 amide bonds. The largest absolute Gasteiger partial charge is 0.335 e. The van der Waals surface area contributed by atoms with Crippen molar-refractivity contribution >= 4 is 27.7 Å². The number of hydrogen-bond donors (Lipinski definition) is 1. The summed E-state index contributed by atoms with van der Waals surface area (Å²) >= 11 is 1.12. The van der Waals surface area contributed by atoms with E-state index in [0.717, 1.165) is 17.0 Å². The molecule has 1 aromatic rings. The van der Waals surface area contributed by atoms with Gasteiger partial charge < -0.3 is 4.90 Å². The van der Waals surface area contributed by atoms with Gasteiger partial charge in [0.15, 0.2) is 0 Å². The average Bonchev–Trinajstić information content (AvgIpc) is 2.95. The maximum Gasteiger partial charge on any atom is 0.268 e. The Morgan fingerprint density at radius 2 is 2.37 bits per heavy atom. The van der Waals surface area contributed by atoms with Gasteiger partial charge in [0.25, 0.3) is 10.0 Å². The van der Waals surface area contributed by atoms with Crippen LogP contribution in [0, 0.1) is 0 Å². The molecule has 0 bridgehead atoms. The summed E-state index contributed by atoms with van der Waals surface area (Å²) in [6.07, 6.45) is 6.05. The summed E-state index contributed by atoms with van der Waals surface area (Å²) in [6.45, 7) is 2.63. The van der Waals surface area contributed by atoms with Crippen LogP contribution >= 0.6 is 11.3 Å². The highest BCUT2D eigenvalue weighted by Crippen LogP contribution is 2.25. The quantitative estimate of drug-likeness (QED) is 0.896. The van der Waals surface area contributed by atoms with E-state index in [1.165, 1.54) is 6.20 Å². The third kappa shape index (κ3) is 2.56. The molecule has 2 aliphatic rings. The fourth-order valence-corrected chi connectivity index (χ4v) is 4.35. The summed E-state index contributed by atoms with van der Waals surface area (Å²) in [6, 6.07) is 0.0393. The molecule has 6 nitrogen and oxygen atoms in total. The van der Waals surface area contributed by atoms with Crippen molar-refractivity contribution < 1.29 is 8.42 Å². The third-order valence-electron chi connectivity index (χ3n) is 3.08. The molecule has 2 aliphatic heterocycles. The van der Waals surface area contributed by atoms with Gasteiger partial charge >= 0.3 is 0 Å². The number of hydrogen-bond acceptors (Lipinski definition) is 6. The van der Waals surface area contributed by atoms with Crippen LogP contribution in [-0.4, -0.2) is 43.3 Å². The normalized spacial score (nSPS) is 26.4. The van der Waals surface area contributed by atoms with Crippen LogP contribution in [0.25, 0.3) is 0 Å². The lowest BCUT2D eigenvalue weighted by Crippen LogP contribution is -2.36. The molecule has 1 N–H and O–H groups in total. The van der Waals surface area contributed by atoms with Crippen LogP contribution in [0.15, 0.2) is 32.7 Å². The first-order chi connectivity index (χ1) is 9.04. The molecule has 102 valence electrons. The summed E-state index contributed by atoms with van der Waals surface area (Å²) in [5.41, 5.74) is 1.13. The smallest absolute Gasteiger partial charge is 0.268 e. The molecule has 1 aromatic heterocycles. The molecule has 3 heterocycles. The summed E-state index contributed by atoms with van der Waals surface area (Å²) in [4.78, 5) is 10.1. The zero-order valence-corrected chi connectivity index (χ0v) is 12.0. The Balaban J connectivity index is 1.73. The lowest BCUT2D eigenvalue weighted by molar-refractivity contribution is 0.525. The first-order valence-corrected chi connectivity index (χ1v) is 8.33. The van der Waals surface area contributed by atoms with Gasteiger partial charge in [-0.25, -0.2) is 18.1 Å². The minimum Gasteiger partial charge on any atom is -0.335 e. The van der Waals surface area contributed by atoms with E-state index in [9.17, 15) is 8.42 Å². The molecular weight excluding hydrogens is 284 g/mol. The molecule has 0 saturated carbocycles. The predicted octanol–water partition coefficient (Wildman–Crippen LogP) is 0.810. The van der Waals surface area contributed by atoms with Crippen molar-refractivity contribution in [3.05, 3.63) is 23.3 Å². The number of sulfonamides is 1. The van der Waals surface area contributed by atoms with E-state index in [0.29, 0.717) is 13.0 Å². The Hall–Kier alpha value is -1.25. The molecule has 19 heavy (non-hydrogen) atoms. The zero-order chi connectivity index (χ0) is 13.5. The molecule has 1 saturated heterocycles. The first kappa shape index (κ1) is 12.8. The number of rotatable bonds is 3. The predicted molar refractivity (Wildman–Crippen MR) is 73.6 cm³/mol. The van der Waals surface area contributed by atoms with Crippen LogP contribution in [0.1, 0.15) is 13.3 Å². The Morgan fingerprint density at radius 1 is 1.53 bits per heavy atom. The van der Waals surface area contributed by atoms with Crippen LogP contribution in [0.4, 0.5) is 0 Å². The van der Waals surface area contributed by atoms with Crippen LogP contribution in [0.5, 0.6) is 0 Å². The fourth-order valence-electron chi connectivity index (χ4n) is 2.27. The van der Waals surface area contributed by atoms with Gasteiger partial charge in [-0.1, -0.05) is 0 Å². The molecule has 3 rings (SSSR count). The van der Waals surface area contributed by atoms with Crippen molar-refractivity contribution in [1.82, 2.24) is 14.6 Å². The van der Waals surface area contributed by atoms with E-state index in [2.05, 4.69) is 20.8 Å². The number of nitrogens with zero attached hydrogens (tertiary/aromatic N) is 3. The van der Waals surface area contributed by atoms with Gasteiger partial charge in [-0.3, -0.25) is 4.99 Å². The van der Waals surface area contributed by atoms with E-state index >= 15 is 0 Å². The molecular formula is C11H14N4O2S2. The SMILES string of the molecule is C[C@H]1C=C2C[C@H](NS(=O)(=O)c3nccs3)CN2C=N1. The number of aliphatic imine (C=N–C) groups is 1. The monoisotopic (exact) mass is 298 g/mol. The highest BCUT2D eigenvalue weighted by Gasteiger charge is 2.31. The Labute approximate surface area is 115 Å². The van der Waals surface area contributed by atoms with Crippen LogP contribution in [0.2, 0.25) is 0 Å². The number of nitrogens with one attached hydrogen (secondary N) is 1. The molecule has 0 radical (unpaired) electrons. The fraction of sp³-hybridized carbons (Fsp3) is 0.455. The number of fused-ring (bicyclic) bond motifs is 1. The van der Waals surface area contributed by atoms with Crippen molar-refractivity contribution in [2.45, 2.75) is 29.8 Å². The summed E-state index contributed by atoms with van der Waals surface area (Å²) in [7, 11) is -3.50. The zero-order valence-electron chi connectivity index (χ0n) is 10.4. The second kappa shape index (κ2) is 4.69. The van der Waals surface area contributed by atoms with E-state index < -0.39 is 10.0 Å². The summed E-state index contributed by atoms with van der Waals surface area (Å²) in [5, 5.41) is 1.66. The van der Waals surface area contributed by atoms with Crippen LogP contribution < -0.4 is 4.72 Å². The lowest BCUT2D eigenvalue weighted by atomic mass is 10.2. The number of thiazole rings is 1. The van der Waals surface area contributed by atoms with E-state index in [1.54, 1.807) is 11.7 Å². The van der Waals surface area contributed by atoms with Gasteiger partial charge in [0, 0.05) is 36.3 Å². The highest BCUT2D eigenvalue weighted by atomic mass is 32.2. The van der Waals surface area contributed by atoms with Crippen molar-refractivity contribution in [2.75, 3.05) is 6.54 Å². The van der Waals surface area contributed by atoms with Crippen molar-refractivity contribution in [1.29, 1.82) is 0 Å². The highest BCUT2D eigenvalue weighted by molar-refractivity contribution is 7.91. The van der Waals surface area contributed by atoms with Gasteiger partial charge in [-0.05, 0) is 13.0 Å². The summed E-state index contributed by atoms with van der Waals surface area (Å²) in [5.74, 6) is 0. The van der Waals surface area contributed by atoms with Crippen LogP contribution in [0.3, 0.4) is 0 Å². The van der Waals surface area contributed by atoms with Gasteiger partial charge in [-0.2, -0.15) is 0 Å². The van der Waals surface area contributed by atoms with Gasteiger partial charge in [-0.15, -0.1) is 11.3 Å². The van der Waals surface area contributed by atoms with Crippen molar-refractivity contribution in [3.63, 3.8) is 0 Å². The van der Waals surface area contributed by atoms with Gasteiger partial charge in [0.05, 0.1) is 12.4 Å². The molecule has 1 fully saturated rings. The van der Waals surface area contributed by atoms with Gasteiger partial charge in [0.1, 0.15) is 0 Å². The Kier molecular flexibility index (Phi) is 3.15. The standard InChI is InChI=1S/C11H14N4O2S2/c1-8-4-10-5-9(6-15(10)7-13-8)14-19(16,17)11-12-2-3-18-11/h2-4,7-9,14H,5-6H2,1H3/t8-,9-/m0/s1. The second-order valence-corrected chi connectivity index (χ2v) is 7.42. The topological polar surface area (TPSA) is 74.7 Å². The minimum absolute atomic E-state index is 0.119. The minimum atomic E-state index is -3.50. The number of aromatic nitrogens is 1. The lowest BCUT2D eigenvalue weighted by Gasteiger charge is -2.19. The molecule has 0 spiro atoms. The second-order valence-electron chi connectivity index (χ2n) is 4.64. The Morgan fingerprint density at radius 3 is 3.11 bits per heavy atom. The van der Waals surface area contributed by atoms with Crippen molar-refractivity contribution in [2.24, 2.45) is 4.99 Å². The average molecular weight is 298 g/mol. The summed E-state index contributed by atoms with van der Waals surface area (Å²) < 4.78 is 27.0. The molecule has 0 unspecified atom stereocenters. The van der Waals surface area contributed by atoms with E-state index in [4.69, 9.17) is 0 Å².